The molecule has 0 aliphatic heterocycles. The van der Waals surface area contributed by atoms with Gasteiger partial charge in [0, 0.05) is 18.2 Å². The van der Waals surface area contributed by atoms with Gasteiger partial charge in [-0.05, 0) is 24.3 Å². The van der Waals surface area contributed by atoms with Gasteiger partial charge in [0.15, 0.2) is 0 Å². The molecule has 0 radical (unpaired) electrons. The molecule has 1 heterocycles. The maximum atomic E-state index is 12.9. The summed E-state index contributed by atoms with van der Waals surface area (Å²) < 4.78 is 18.1. The van der Waals surface area contributed by atoms with Gasteiger partial charge >= 0.3 is 0 Å². The van der Waals surface area contributed by atoms with Gasteiger partial charge in [-0.1, -0.05) is 6.08 Å². The zero-order valence-corrected chi connectivity index (χ0v) is 11.0. The van der Waals surface area contributed by atoms with E-state index in [0.29, 0.717) is 17.2 Å². The highest BCUT2D eigenvalue weighted by atomic mass is 19.1. The van der Waals surface area contributed by atoms with Crippen LogP contribution in [0.25, 0.3) is 6.08 Å². The van der Waals surface area contributed by atoms with Gasteiger partial charge in [-0.3, -0.25) is 4.79 Å². The van der Waals surface area contributed by atoms with Gasteiger partial charge in [0.2, 0.25) is 0 Å². The number of nitrogens with zero attached hydrogens (tertiary/aromatic N) is 1. The molecule has 5 nitrogen and oxygen atoms in total. The molecule has 1 amide bonds. The Morgan fingerprint density at radius 3 is 3.00 bits per heavy atom. The van der Waals surface area contributed by atoms with E-state index in [1.165, 1.54) is 18.2 Å². The summed E-state index contributed by atoms with van der Waals surface area (Å²) >= 11 is 0. The van der Waals surface area contributed by atoms with Crippen molar-refractivity contribution in [1.82, 2.24) is 5.32 Å². The van der Waals surface area contributed by atoms with Gasteiger partial charge in [0.1, 0.15) is 35.9 Å². The number of aliphatic hydroxyl groups is 1. The molecule has 0 saturated carbocycles. The number of hydrogen-bond donors (Lipinski definition) is 2. The van der Waals surface area contributed by atoms with Crippen LogP contribution in [-0.2, 0) is 11.4 Å². The number of furan rings is 1. The van der Waals surface area contributed by atoms with Crippen molar-refractivity contribution in [3.8, 4) is 6.07 Å². The monoisotopic (exact) mass is 288 g/mol. The topological polar surface area (TPSA) is 86.3 Å². The third kappa shape index (κ3) is 3.91. The Bertz CT molecular complexity index is 665. The minimum Gasteiger partial charge on any atom is -0.459 e. The highest BCUT2D eigenvalue weighted by molar-refractivity contribution is 6.02. The number of nitrogens with one attached hydrogen (secondary N) is 1. The van der Waals surface area contributed by atoms with Gasteiger partial charge in [0.25, 0.3) is 5.91 Å². The lowest BCUT2D eigenvalue weighted by atomic mass is 10.1. The van der Waals surface area contributed by atoms with E-state index in [-0.39, 0.29) is 18.6 Å². The molecule has 0 saturated heterocycles. The van der Waals surface area contributed by atoms with Crippen molar-refractivity contribution in [2.45, 2.75) is 19.2 Å². The SMILES string of the molecule is N#C/C(=C/c1ccc(CO)o1)C(=O)NC1=CCC(F)C=C1. The second-order valence-corrected chi connectivity index (χ2v) is 4.36. The molecule has 0 spiro atoms. The molecule has 0 aromatic carbocycles. The largest absolute Gasteiger partial charge is 0.459 e. The van der Waals surface area contributed by atoms with Crippen LogP contribution in [0.4, 0.5) is 4.39 Å². The van der Waals surface area contributed by atoms with E-state index >= 15 is 0 Å². The van der Waals surface area contributed by atoms with Crippen molar-refractivity contribution in [1.29, 1.82) is 5.26 Å². The summed E-state index contributed by atoms with van der Waals surface area (Å²) in [4.78, 5) is 11.9. The first kappa shape index (κ1) is 14.8. The minimum atomic E-state index is -1.04. The van der Waals surface area contributed by atoms with Gasteiger partial charge in [0.05, 0.1) is 0 Å². The third-order valence-electron chi connectivity index (χ3n) is 2.80. The third-order valence-corrected chi connectivity index (χ3v) is 2.80. The standard InChI is InChI=1S/C15H13FN2O3/c16-11-1-3-12(4-2-11)18-15(20)10(8-17)7-13-5-6-14(9-19)21-13/h1,3-7,11,19H,2,9H2,(H,18,20)/b10-7-. The smallest absolute Gasteiger partial charge is 0.266 e. The van der Waals surface area contributed by atoms with Crippen LogP contribution in [0.5, 0.6) is 0 Å². The molecule has 1 aliphatic carbocycles. The summed E-state index contributed by atoms with van der Waals surface area (Å²) in [5.41, 5.74) is 0.302. The summed E-state index contributed by atoms with van der Waals surface area (Å²) in [6, 6.07) is 4.87. The summed E-state index contributed by atoms with van der Waals surface area (Å²) in [6.45, 7) is -0.260. The van der Waals surface area contributed by atoms with Crippen LogP contribution in [0, 0.1) is 11.3 Å². The highest BCUT2D eigenvalue weighted by Gasteiger charge is 2.13. The Balaban J connectivity index is 2.09. The van der Waals surface area contributed by atoms with Crippen LogP contribution in [0.3, 0.4) is 0 Å². The number of aliphatic hydroxyl groups excluding tert-OH is 1. The van der Waals surface area contributed by atoms with Crippen molar-refractivity contribution >= 4 is 12.0 Å². The van der Waals surface area contributed by atoms with Gasteiger partial charge in [-0.2, -0.15) is 5.26 Å². The van der Waals surface area contributed by atoms with Crippen molar-refractivity contribution in [3.05, 3.63) is 53.2 Å². The Kier molecular flexibility index (Phi) is 4.69. The molecule has 2 N–H and O–H groups in total. The molecule has 0 fully saturated rings. The number of nitriles is 1. The Labute approximate surface area is 120 Å². The zero-order chi connectivity index (χ0) is 15.2. The van der Waals surface area contributed by atoms with Crippen LogP contribution < -0.4 is 5.32 Å². The van der Waals surface area contributed by atoms with Crippen molar-refractivity contribution < 1.29 is 18.7 Å². The van der Waals surface area contributed by atoms with E-state index in [1.807, 2.05) is 0 Å². The first-order valence-electron chi connectivity index (χ1n) is 6.27. The van der Waals surface area contributed by atoms with Crippen molar-refractivity contribution in [2.24, 2.45) is 0 Å². The summed E-state index contributed by atoms with van der Waals surface area (Å²) in [7, 11) is 0. The molecule has 0 bridgehead atoms. The fourth-order valence-corrected chi connectivity index (χ4v) is 1.73. The Morgan fingerprint density at radius 2 is 2.43 bits per heavy atom. The van der Waals surface area contributed by atoms with Gasteiger partial charge in [-0.15, -0.1) is 0 Å². The quantitative estimate of drug-likeness (QED) is 0.655. The molecule has 108 valence electrons. The summed E-state index contributed by atoms with van der Waals surface area (Å²) in [6.07, 6.45) is 4.77. The average molecular weight is 288 g/mol. The number of hydrogen-bond acceptors (Lipinski definition) is 4. The maximum Gasteiger partial charge on any atom is 0.266 e. The predicted octanol–water partition coefficient (Wildman–Crippen LogP) is 1.98. The van der Waals surface area contributed by atoms with Crippen LogP contribution in [0.2, 0.25) is 0 Å². The molecule has 1 aliphatic rings. The highest BCUT2D eigenvalue weighted by Crippen LogP contribution is 2.14. The number of allylic oxidation sites excluding steroid dienone is 3. The van der Waals surface area contributed by atoms with E-state index in [2.05, 4.69) is 5.32 Å². The summed E-state index contributed by atoms with van der Waals surface area (Å²) in [5, 5.41) is 20.4. The van der Waals surface area contributed by atoms with E-state index in [9.17, 15) is 9.18 Å². The van der Waals surface area contributed by atoms with E-state index in [1.54, 1.807) is 24.3 Å². The molecular formula is C15H13FN2O3. The molecular weight excluding hydrogens is 275 g/mol. The second kappa shape index (κ2) is 6.68. The number of halogens is 1. The fraction of sp³-hybridized carbons (Fsp3) is 0.200. The zero-order valence-electron chi connectivity index (χ0n) is 11.0. The number of carbonyl (C=O) groups is 1. The predicted molar refractivity (Wildman–Crippen MR) is 73.1 cm³/mol. The number of carbonyl (C=O) groups excluding carboxylic acids is 1. The molecule has 1 unspecified atom stereocenters. The minimum absolute atomic E-state index is 0.148. The molecule has 1 aromatic heterocycles. The van der Waals surface area contributed by atoms with Crippen LogP contribution in [0.1, 0.15) is 17.9 Å². The molecule has 2 rings (SSSR count). The lowest BCUT2D eigenvalue weighted by Gasteiger charge is -2.10. The maximum absolute atomic E-state index is 12.9. The van der Waals surface area contributed by atoms with E-state index < -0.39 is 12.1 Å². The van der Waals surface area contributed by atoms with E-state index in [4.69, 9.17) is 14.8 Å². The molecule has 1 aromatic rings. The number of alkyl halides is 1. The molecule has 6 heteroatoms. The van der Waals surface area contributed by atoms with Crippen LogP contribution in [-0.4, -0.2) is 17.2 Å². The van der Waals surface area contributed by atoms with Crippen LogP contribution in [0.15, 0.2) is 46.0 Å². The van der Waals surface area contributed by atoms with Gasteiger partial charge < -0.3 is 14.8 Å². The van der Waals surface area contributed by atoms with Crippen LogP contribution >= 0.6 is 0 Å². The Hall–Kier alpha value is -2.65. The molecule has 21 heavy (non-hydrogen) atoms. The Morgan fingerprint density at radius 1 is 1.62 bits per heavy atom. The van der Waals surface area contributed by atoms with Crippen molar-refractivity contribution in [3.63, 3.8) is 0 Å². The average Bonchev–Trinajstić information content (AvgIpc) is 2.94. The first-order valence-corrected chi connectivity index (χ1v) is 6.27. The molecule has 1 atom stereocenters. The number of amides is 1. The van der Waals surface area contributed by atoms with Gasteiger partial charge in [-0.25, -0.2) is 4.39 Å². The van der Waals surface area contributed by atoms with Crippen molar-refractivity contribution in [2.75, 3.05) is 0 Å². The number of rotatable bonds is 4. The second-order valence-electron chi connectivity index (χ2n) is 4.36. The van der Waals surface area contributed by atoms with E-state index in [0.717, 1.165) is 0 Å². The normalized spacial score (nSPS) is 18.0. The lowest BCUT2D eigenvalue weighted by Crippen LogP contribution is -2.24. The lowest BCUT2D eigenvalue weighted by molar-refractivity contribution is -0.116. The summed E-state index contributed by atoms with van der Waals surface area (Å²) in [5.74, 6) is 0.0289. The first-order chi connectivity index (χ1) is 10.1. The fourth-order valence-electron chi connectivity index (χ4n) is 1.73.